The first kappa shape index (κ1) is 18.9. The number of hydrogen-bond donors (Lipinski definition) is 0. The Morgan fingerprint density at radius 3 is 2.72 bits per heavy atom. The van der Waals surface area contributed by atoms with E-state index in [0.717, 1.165) is 16.8 Å². The maximum Gasteiger partial charge on any atom is 0.268 e. The maximum absolute atomic E-state index is 12.0. The largest absolute Gasteiger partial charge is 0.415 e. The smallest absolute Gasteiger partial charge is 0.268 e. The van der Waals surface area contributed by atoms with Crippen LogP contribution in [0.2, 0.25) is 0 Å². The quantitative estimate of drug-likeness (QED) is 0.660. The minimum atomic E-state index is -0.0159. The zero-order chi connectivity index (χ0) is 20.2. The average Bonchev–Trinajstić information content (AvgIpc) is 3.25. The molecule has 3 heterocycles. The molecule has 0 aliphatic carbocycles. The highest BCUT2D eigenvalue weighted by atomic mass is 16.5. The lowest BCUT2D eigenvalue weighted by molar-refractivity contribution is -0.134. The molecule has 8 nitrogen and oxygen atoms in total. The van der Waals surface area contributed by atoms with Gasteiger partial charge in [-0.2, -0.15) is 0 Å². The first-order chi connectivity index (χ1) is 14.2. The fraction of sp³-hybridized carbons (Fsp3) is 0.286. The standard InChI is InChI=1S/C21H21N5O3/c1-14-19(21-25-24-20(29-21)16-6-4-3-5-7-16)23-17(12-22-14)15-8-10-26(11-9-15)18(27)13-28-2/h3-8,12H,9-11,13H2,1-2H3. The molecule has 3 aromatic rings. The molecule has 0 atom stereocenters. The normalized spacial score (nSPS) is 14.0. The lowest BCUT2D eigenvalue weighted by Gasteiger charge is -2.26. The van der Waals surface area contributed by atoms with Crippen LogP contribution in [0.15, 0.2) is 47.0 Å². The molecule has 1 aliphatic rings. The Bertz CT molecular complexity index is 1050. The summed E-state index contributed by atoms with van der Waals surface area (Å²) >= 11 is 0. The summed E-state index contributed by atoms with van der Waals surface area (Å²) in [5.41, 5.74) is 3.93. The number of hydrogen-bond acceptors (Lipinski definition) is 7. The second kappa shape index (κ2) is 8.32. The molecule has 0 unspecified atom stereocenters. The van der Waals surface area contributed by atoms with Crippen molar-refractivity contribution in [2.24, 2.45) is 0 Å². The predicted molar refractivity (Wildman–Crippen MR) is 107 cm³/mol. The van der Waals surface area contributed by atoms with Gasteiger partial charge in [-0.15, -0.1) is 10.2 Å². The van der Waals surface area contributed by atoms with Crippen LogP contribution in [0.5, 0.6) is 0 Å². The number of carbonyl (C=O) groups excluding carboxylic acids is 1. The van der Waals surface area contributed by atoms with E-state index in [1.807, 2.05) is 43.3 Å². The van der Waals surface area contributed by atoms with Crippen molar-refractivity contribution in [1.29, 1.82) is 0 Å². The van der Waals surface area contributed by atoms with E-state index in [-0.39, 0.29) is 12.5 Å². The van der Waals surface area contributed by atoms with Crippen molar-refractivity contribution in [3.05, 3.63) is 54.0 Å². The van der Waals surface area contributed by atoms with Gasteiger partial charge in [-0.05, 0) is 31.1 Å². The van der Waals surface area contributed by atoms with Crippen molar-refractivity contribution in [2.45, 2.75) is 13.3 Å². The fourth-order valence-electron chi connectivity index (χ4n) is 3.17. The second-order valence-electron chi connectivity index (χ2n) is 6.72. The number of aryl methyl sites for hydroxylation is 1. The van der Waals surface area contributed by atoms with E-state index in [0.29, 0.717) is 42.7 Å². The van der Waals surface area contributed by atoms with Crippen LogP contribution < -0.4 is 0 Å². The van der Waals surface area contributed by atoms with Gasteiger partial charge in [0.2, 0.25) is 11.8 Å². The first-order valence-electron chi connectivity index (χ1n) is 9.34. The van der Waals surface area contributed by atoms with Gasteiger partial charge in [0.25, 0.3) is 5.89 Å². The molecule has 1 aromatic carbocycles. The summed E-state index contributed by atoms with van der Waals surface area (Å²) in [5, 5.41) is 8.30. The van der Waals surface area contributed by atoms with Crippen LogP contribution in [0.3, 0.4) is 0 Å². The van der Waals surface area contributed by atoms with Crippen molar-refractivity contribution in [3.8, 4) is 23.0 Å². The lowest BCUT2D eigenvalue weighted by atomic mass is 10.0. The third kappa shape index (κ3) is 4.07. The number of aromatic nitrogens is 4. The third-order valence-electron chi connectivity index (χ3n) is 4.76. The molecule has 4 rings (SSSR count). The topological polar surface area (TPSA) is 94.2 Å². The van der Waals surface area contributed by atoms with Crippen LogP contribution in [-0.2, 0) is 9.53 Å². The molecule has 0 saturated carbocycles. The van der Waals surface area contributed by atoms with Gasteiger partial charge in [-0.1, -0.05) is 24.3 Å². The van der Waals surface area contributed by atoms with Crippen LogP contribution in [0.25, 0.3) is 28.6 Å². The van der Waals surface area contributed by atoms with Gasteiger partial charge >= 0.3 is 0 Å². The van der Waals surface area contributed by atoms with E-state index >= 15 is 0 Å². The Hall–Kier alpha value is -3.39. The molecule has 2 aromatic heterocycles. The zero-order valence-electron chi connectivity index (χ0n) is 16.3. The molecule has 1 amide bonds. The number of carbonyl (C=O) groups is 1. The van der Waals surface area contributed by atoms with Crippen molar-refractivity contribution < 1.29 is 13.9 Å². The van der Waals surface area contributed by atoms with Gasteiger partial charge in [-0.25, -0.2) is 4.98 Å². The Balaban J connectivity index is 1.58. The number of amides is 1. The molecular weight excluding hydrogens is 370 g/mol. The molecule has 0 N–H and O–H groups in total. The highest BCUT2D eigenvalue weighted by molar-refractivity contribution is 5.79. The number of benzene rings is 1. The van der Waals surface area contributed by atoms with Crippen molar-refractivity contribution in [3.63, 3.8) is 0 Å². The fourth-order valence-corrected chi connectivity index (χ4v) is 3.17. The summed E-state index contributed by atoms with van der Waals surface area (Å²) in [4.78, 5) is 22.9. The molecule has 0 fully saturated rings. The third-order valence-corrected chi connectivity index (χ3v) is 4.76. The predicted octanol–water partition coefficient (Wildman–Crippen LogP) is 2.76. The van der Waals surface area contributed by atoms with Crippen LogP contribution in [0, 0.1) is 6.92 Å². The lowest BCUT2D eigenvalue weighted by Crippen LogP contribution is -2.37. The van der Waals surface area contributed by atoms with Crippen LogP contribution in [-0.4, -0.2) is 57.8 Å². The molecule has 0 spiro atoms. The Morgan fingerprint density at radius 1 is 1.21 bits per heavy atom. The molecule has 0 saturated heterocycles. The van der Waals surface area contributed by atoms with E-state index in [9.17, 15) is 4.79 Å². The van der Waals surface area contributed by atoms with E-state index in [1.165, 1.54) is 7.11 Å². The van der Waals surface area contributed by atoms with Crippen molar-refractivity contribution >= 4 is 11.5 Å². The second-order valence-corrected chi connectivity index (χ2v) is 6.72. The Kier molecular flexibility index (Phi) is 5.44. The van der Waals surface area contributed by atoms with Gasteiger partial charge in [0.15, 0.2) is 0 Å². The van der Waals surface area contributed by atoms with Gasteiger partial charge < -0.3 is 14.1 Å². The van der Waals surface area contributed by atoms with Gasteiger partial charge in [0.05, 0.1) is 17.6 Å². The van der Waals surface area contributed by atoms with Crippen molar-refractivity contribution in [2.75, 3.05) is 26.8 Å². The van der Waals surface area contributed by atoms with Gasteiger partial charge in [0.1, 0.15) is 12.3 Å². The van der Waals surface area contributed by atoms with E-state index < -0.39 is 0 Å². The van der Waals surface area contributed by atoms with Gasteiger partial charge in [-0.3, -0.25) is 9.78 Å². The number of rotatable bonds is 5. The van der Waals surface area contributed by atoms with Crippen LogP contribution in [0.1, 0.15) is 17.8 Å². The van der Waals surface area contributed by atoms with E-state index in [1.54, 1.807) is 11.1 Å². The Morgan fingerprint density at radius 2 is 2.00 bits per heavy atom. The summed E-state index contributed by atoms with van der Waals surface area (Å²) in [5.74, 6) is 0.762. The molecule has 0 bridgehead atoms. The molecule has 1 aliphatic heterocycles. The van der Waals surface area contributed by atoms with Crippen LogP contribution in [0.4, 0.5) is 0 Å². The minimum absolute atomic E-state index is 0.0159. The van der Waals surface area contributed by atoms with Crippen molar-refractivity contribution in [1.82, 2.24) is 25.1 Å². The highest BCUT2D eigenvalue weighted by Gasteiger charge is 2.20. The van der Waals surface area contributed by atoms with Crippen LogP contribution >= 0.6 is 0 Å². The monoisotopic (exact) mass is 391 g/mol. The minimum Gasteiger partial charge on any atom is -0.415 e. The zero-order valence-corrected chi connectivity index (χ0v) is 16.3. The van der Waals surface area contributed by atoms with E-state index in [4.69, 9.17) is 14.1 Å². The Labute approximate surface area is 168 Å². The maximum atomic E-state index is 12.0. The number of methoxy groups -OCH3 is 1. The molecule has 29 heavy (non-hydrogen) atoms. The summed E-state index contributed by atoms with van der Waals surface area (Å²) in [7, 11) is 1.52. The van der Waals surface area contributed by atoms with E-state index in [2.05, 4.69) is 15.2 Å². The van der Waals surface area contributed by atoms with Gasteiger partial charge in [0, 0.05) is 25.8 Å². The summed E-state index contributed by atoms with van der Waals surface area (Å²) < 4.78 is 10.8. The molecule has 8 heteroatoms. The summed E-state index contributed by atoms with van der Waals surface area (Å²) in [6.45, 7) is 3.11. The summed E-state index contributed by atoms with van der Waals surface area (Å²) in [6, 6.07) is 9.59. The molecule has 148 valence electrons. The molecular formula is C21H21N5O3. The molecule has 0 radical (unpaired) electrons. The number of ether oxygens (including phenoxy) is 1. The average molecular weight is 391 g/mol. The highest BCUT2D eigenvalue weighted by Crippen LogP contribution is 2.27. The summed E-state index contributed by atoms with van der Waals surface area (Å²) in [6.07, 6.45) is 4.45. The first-order valence-corrected chi connectivity index (χ1v) is 9.34. The SMILES string of the molecule is COCC(=O)N1CC=C(c2cnc(C)c(-c3nnc(-c4ccccc4)o3)n2)CC1. The number of nitrogens with zero attached hydrogens (tertiary/aromatic N) is 5.